The van der Waals surface area contributed by atoms with Crippen LogP contribution in [0.3, 0.4) is 0 Å². The van der Waals surface area contributed by atoms with E-state index in [1.54, 1.807) is 24.4 Å². The molecule has 1 N–H and O–H groups in total. The van der Waals surface area contributed by atoms with Gasteiger partial charge >= 0.3 is 5.97 Å². The SMILES string of the molecule is C=C(c1ccccn1)c1ccc(S(=O)[O-])cc1C(=O)O. The molecule has 0 saturated carbocycles. The summed E-state index contributed by atoms with van der Waals surface area (Å²) in [6.07, 6.45) is 1.57. The van der Waals surface area contributed by atoms with E-state index < -0.39 is 17.0 Å². The topological polar surface area (TPSA) is 90.3 Å². The summed E-state index contributed by atoms with van der Waals surface area (Å²) in [6.45, 7) is 3.83. The molecule has 1 aromatic heterocycles. The summed E-state index contributed by atoms with van der Waals surface area (Å²) in [7, 11) is 0. The minimum absolute atomic E-state index is 0.0834. The van der Waals surface area contributed by atoms with Crippen molar-refractivity contribution in [2.24, 2.45) is 0 Å². The number of hydrogen-bond acceptors (Lipinski definition) is 4. The number of carboxylic acids is 1. The van der Waals surface area contributed by atoms with E-state index in [9.17, 15) is 18.7 Å². The molecule has 5 nitrogen and oxygen atoms in total. The Morgan fingerprint density at radius 3 is 2.55 bits per heavy atom. The number of rotatable bonds is 4. The summed E-state index contributed by atoms with van der Waals surface area (Å²) in [5, 5.41) is 9.21. The monoisotopic (exact) mass is 288 g/mol. The van der Waals surface area contributed by atoms with Gasteiger partial charge in [0.1, 0.15) is 0 Å². The largest absolute Gasteiger partial charge is 0.768 e. The quantitative estimate of drug-likeness (QED) is 0.870. The first-order chi connectivity index (χ1) is 9.50. The van der Waals surface area contributed by atoms with Crippen molar-refractivity contribution in [1.82, 2.24) is 4.98 Å². The zero-order valence-electron chi connectivity index (χ0n) is 10.3. The van der Waals surface area contributed by atoms with Gasteiger partial charge in [0.2, 0.25) is 0 Å². The number of carbonyl (C=O) groups is 1. The number of benzene rings is 1. The standard InChI is InChI=1S/C14H11NO4S/c1-9(13-4-2-3-7-15-13)11-6-5-10(20(18)19)8-12(11)14(16)17/h2-8H,1H2,(H,16,17)(H,18,19)/p-1. The first-order valence-electron chi connectivity index (χ1n) is 5.58. The van der Waals surface area contributed by atoms with Gasteiger partial charge < -0.3 is 9.66 Å². The highest BCUT2D eigenvalue weighted by Gasteiger charge is 2.15. The highest BCUT2D eigenvalue weighted by Crippen LogP contribution is 2.25. The maximum Gasteiger partial charge on any atom is 0.336 e. The van der Waals surface area contributed by atoms with Gasteiger partial charge in [-0.3, -0.25) is 9.19 Å². The van der Waals surface area contributed by atoms with Crippen molar-refractivity contribution < 1.29 is 18.7 Å². The number of aromatic nitrogens is 1. The Kier molecular flexibility index (Phi) is 4.07. The second kappa shape index (κ2) is 5.77. The van der Waals surface area contributed by atoms with Gasteiger partial charge in [0, 0.05) is 16.7 Å². The van der Waals surface area contributed by atoms with Crippen molar-refractivity contribution in [2.75, 3.05) is 0 Å². The van der Waals surface area contributed by atoms with E-state index in [0.29, 0.717) is 16.8 Å². The fraction of sp³-hybridized carbons (Fsp3) is 0. The van der Waals surface area contributed by atoms with E-state index in [4.69, 9.17) is 0 Å². The van der Waals surface area contributed by atoms with Gasteiger partial charge in [0.15, 0.2) is 0 Å². The van der Waals surface area contributed by atoms with Gasteiger partial charge in [-0.2, -0.15) is 0 Å². The third-order valence-corrected chi connectivity index (χ3v) is 3.35. The number of pyridine rings is 1. The van der Waals surface area contributed by atoms with Crippen molar-refractivity contribution in [2.45, 2.75) is 4.90 Å². The maximum absolute atomic E-state index is 11.3. The van der Waals surface area contributed by atoms with Crippen LogP contribution in [0.4, 0.5) is 0 Å². The number of aromatic carboxylic acids is 1. The van der Waals surface area contributed by atoms with Crippen LogP contribution in [-0.2, 0) is 11.1 Å². The molecule has 0 aliphatic heterocycles. The second-order valence-electron chi connectivity index (χ2n) is 3.94. The molecule has 1 heterocycles. The highest BCUT2D eigenvalue weighted by atomic mass is 32.2. The third kappa shape index (κ3) is 2.81. The molecule has 0 radical (unpaired) electrons. The Hall–Kier alpha value is -2.31. The molecule has 2 rings (SSSR count). The Morgan fingerprint density at radius 1 is 1.25 bits per heavy atom. The molecule has 1 aromatic carbocycles. The van der Waals surface area contributed by atoms with E-state index >= 15 is 0 Å². The van der Waals surface area contributed by atoms with Crippen molar-refractivity contribution in [3.63, 3.8) is 0 Å². The average Bonchev–Trinajstić information content (AvgIpc) is 2.46. The van der Waals surface area contributed by atoms with Crippen LogP contribution >= 0.6 is 0 Å². The minimum atomic E-state index is -2.48. The van der Waals surface area contributed by atoms with E-state index in [1.807, 2.05) is 0 Å². The zero-order valence-corrected chi connectivity index (χ0v) is 11.1. The van der Waals surface area contributed by atoms with E-state index in [2.05, 4.69) is 11.6 Å². The molecule has 0 saturated heterocycles. The Balaban J connectivity index is 2.54. The molecule has 0 aliphatic rings. The van der Waals surface area contributed by atoms with Gasteiger partial charge in [0.05, 0.1) is 11.3 Å². The van der Waals surface area contributed by atoms with Crippen LogP contribution in [0.5, 0.6) is 0 Å². The van der Waals surface area contributed by atoms with Crippen molar-refractivity contribution >= 4 is 22.6 Å². The zero-order chi connectivity index (χ0) is 14.7. The summed E-state index contributed by atoms with van der Waals surface area (Å²) < 4.78 is 21.8. The van der Waals surface area contributed by atoms with E-state index in [0.717, 1.165) is 6.07 Å². The summed E-state index contributed by atoms with van der Waals surface area (Å²) in [5.74, 6) is -1.22. The number of carboxylic acid groups (broad SMARTS) is 1. The predicted molar refractivity (Wildman–Crippen MR) is 73.0 cm³/mol. The fourth-order valence-electron chi connectivity index (χ4n) is 1.75. The van der Waals surface area contributed by atoms with E-state index in [-0.39, 0.29) is 10.5 Å². The van der Waals surface area contributed by atoms with Crippen molar-refractivity contribution in [1.29, 1.82) is 0 Å². The van der Waals surface area contributed by atoms with E-state index in [1.165, 1.54) is 12.1 Å². The van der Waals surface area contributed by atoms with Gasteiger partial charge in [0.25, 0.3) is 0 Å². The second-order valence-corrected chi connectivity index (χ2v) is 4.88. The van der Waals surface area contributed by atoms with Gasteiger partial charge in [-0.25, -0.2) is 4.79 Å². The minimum Gasteiger partial charge on any atom is -0.768 e. The van der Waals surface area contributed by atoms with Crippen LogP contribution in [0.15, 0.2) is 54.1 Å². The van der Waals surface area contributed by atoms with Crippen LogP contribution in [0.1, 0.15) is 21.6 Å². The van der Waals surface area contributed by atoms with Crippen LogP contribution in [0.25, 0.3) is 5.57 Å². The lowest BCUT2D eigenvalue weighted by atomic mass is 9.98. The molecule has 0 aliphatic carbocycles. The molecule has 0 bridgehead atoms. The van der Waals surface area contributed by atoms with Gasteiger partial charge in [-0.1, -0.05) is 18.7 Å². The smallest absolute Gasteiger partial charge is 0.336 e. The summed E-state index contributed by atoms with van der Waals surface area (Å²) in [6, 6.07) is 9.06. The molecule has 0 fully saturated rings. The summed E-state index contributed by atoms with van der Waals surface area (Å²) in [5.41, 5.74) is 1.17. The molecule has 0 amide bonds. The Bertz CT molecular complexity index is 698. The summed E-state index contributed by atoms with van der Waals surface area (Å²) in [4.78, 5) is 15.3. The Labute approximate surface area is 117 Å². The predicted octanol–water partition coefficient (Wildman–Crippen LogP) is 2.08. The first kappa shape index (κ1) is 14.1. The Morgan fingerprint density at radius 2 is 2.00 bits per heavy atom. The molecule has 2 aromatic rings. The van der Waals surface area contributed by atoms with Crippen LogP contribution in [0.2, 0.25) is 0 Å². The van der Waals surface area contributed by atoms with Crippen LogP contribution in [-0.4, -0.2) is 24.8 Å². The van der Waals surface area contributed by atoms with Gasteiger partial charge in [-0.05, 0) is 40.9 Å². The van der Waals surface area contributed by atoms with Crippen molar-refractivity contribution in [3.8, 4) is 0 Å². The van der Waals surface area contributed by atoms with Crippen LogP contribution in [0, 0.1) is 0 Å². The lowest BCUT2D eigenvalue weighted by Gasteiger charge is -2.12. The normalized spacial score (nSPS) is 11.8. The maximum atomic E-state index is 11.3. The van der Waals surface area contributed by atoms with Crippen molar-refractivity contribution in [3.05, 3.63) is 66.0 Å². The molecule has 20 heavy (non-hydrogen) atoms. The number of hydrogen-bond donors (Lipinski definition) is 1. The lowest BCUT2D eigenvalue weighted by molar-refractivity contribution is 0.0696. The number of nitrogens with zero attached hydrogens (tertiary/aromatic N) is 1. The molecular formula is C14H10NO4S-. The summed E-state index contributed by atoms with van der Waals surface area (Å²) >= 11 is -2.48. The lowest BCUT2D eigenvalue weighted by Crippen LogP contribution is -2.05. The molecule has 1 unspecified atom stereocenters. The van der Waals surface area contributed by atoms with Crippen LogP contribution < -0.4 is 0 Å². The third-order valence-electron chi connectivity index (χ3n) is 2.71. The molecule has 1 atom stereocenters. The molecule has 102 valence electrons. The highest BCUT2D eigenvalue weighted by molar-refractivity contribution is 7.79. The molecule has 6 heteroatoms. The molecular weight excluding hydrogens is 278 g/mol. The molecule has 0 spiro atoms. The first-order valence-corrected chi connectivity index (χ1v) is 6.65. The van der Waals surface area contributed by atoms with Gasteiger partial charge in [-0.15, -0.1) is 0 Å². The fourth-order valence-corrected chi connectivity index (χ4v) is 2.14. The average molecular weight is 288 g/mol.